The van der Waals surface area contributed by atoms with Crippen molar-refractivity contribution in [3.8, 4) is 0 Å². The largest absolute Gasteiger partial charge is 0.454 e. The third kappa shape index (κ3) is 40.5. The predicted octanol–water partition coefficient (Wildman–Crippen LogP) is 14.8. The summed E-state index contributed by atoms with van der Waals surface area (Å²) in [6.07, 6.45) is 52.9. The van der Waals surface area contributed by atoms with Gasteiger partial charge in [-0.25, -0.2) is 0 Å². The van der Waals surface area contributed by atoms with E-state index in [-0.39, 0.29) is 19.4 Å². The van der Waals surface area contributed by atoms with Crippen molar-refractivity contribution in [1.29, 1.82) is 0 Å². The molecule has 8 unspecified atom stereocenters. The molecule has 0 aromatic carbocycles. The van der Waals surface area contributed by atoms with Crippen LogP contribution in [0.1, 0.15) is 284 Å². The number of carbonyl (C=O) groups is 2. The Bertz CT molecular complexity index is 1400. The van der Waals surface area contributed by atoms with Crippen molar-refractivity contribution < 1.29 is 49.3 Å². The maximum Gasteiger partial charge on any atom is 0.306 e. The molecular formula is C64H117NO10. The highest BCUT2D eigenvalue weighted by Gasteiger charge is 2.47. The lowest BCUT2D eigenvalue weighted by Crippen LogP contribution is -2.61. The van der Waals surface area contributed by atoms with E-state index in [9.17, 15) is 35.1 Å². The maximum atomic E-state index is 13.4. The molecule has 0 bridgehead atoms. The molecule has 6 N–H and O–H groups in total. The van der Waals surface area contributed by atoms with E-state index in [1.165, 1.54) is 154 Å². The normalized spacial score (nSPS) is 19.5. The van der Waals surface area contributed by atoms with Gasteiger partial charge < -0.3 is 45.1 Å². The van der Waals surface area contributed by atoms with Crippen LogP contribution in [0.25, 0.3) is 0 Å². The van der Waals surface area contributed by atoms with Gasteiger partial charge >= 0.3 is 5.97 Å². The van der Waals surface area contributed by atoms with E-state index < -0.39 is 67.4 Å². The number of aliphatic hydroxyl groups excluding tert-OH is 5. The average Bonchev–Trinajstić information content (AvgIpc) is 3.41. The molecular weight excluding hydrogens is 943 g/mol. The van der Waals surface area contributed by atoms with Gasteiger partial charge in [-0.05, 0) is 64.2 Å². The fourth-order valence-corrected chi connectivity index (χ4v) is 9.72. The standard InChI is InChI=1S/C64H117NO10/c1-4-7-10-13-16-19-22-24-26-27-28-29-30-32-33-36-39-42-45-48-51-57(68)63(72)65-55(56(67)50-47-44-41-38-35-21-18-15-12-9-6-3)54-73-64-62(61(71)60(70)58(53-66)74-64)75-59(69)52-49-46-43-40-37-34-31-25-23-20-17-14-11-8-5-2/h16,19,24,26,28-29,47,50,55-58,60-62,64,66-68,70-71H,4-15,17-18,20-23,25,27,30-46,48-49,51-54H2,1-3H3,(H,65,72)/b19-16-,26-24-,29-28-,50-47+. The first-order valence-corrected chi connectivity index (χ1v) is 31.4. The second kappa shape index (κ2) is 52.3. The minimum atomic E-state index is -1.61. The Morgan fingerprint density at radius 3 is 1.40 bits per heavy atom. The zero-order valence-corrected chi connectivity index (χ0v) is 48.4. The van der Waals surface area contributed by atoms with Gasteiger partial charge in [0.2, 0.25) is 5.91 Å². The molecule has 1 aliphatic rings. The van der Waals surface area contributed by atoms with Crippen LogP contribution >= 0.6 is 0 Å². The lowest BCUT2D eigenvalue weighted by atomic mass is 9.99. The van der Waals surface area contributed by atoms with Gasteiger partial charge in [0.05, 0.1) is 25.4 Å². The summed E-state index contributed by atoms with van der Waals surface area (Å²) in [7, 11) is 0. The van der Waals surface area contributed by atoms with Gasteiger partial charge in [0, 0.05) is 6.42 Å². The second-order valence-electron chi connectivity index (χ2n) is 21.8. The van der Waals surface area contributed by atoms with Gasteiger partial charge in [0.15, 0.2) is 12.4 Å². The zero-order chi connectivity index (χ0) is 54.7. The SMILES string of the molecule is CCCCC/C=C\C/C=C\C/C=C\CCCCCCCCCC(O)C(=O)NC(COC1OC(CO)C(O)C(O)C1OC(=O)CCCCCCCCCCCCCCCCC)C(O)/C=C/CCCCCCCCCCC. The second-order valence-corrected chi connectivity index (χ2v) is 21.8. The minimum absolute atomic E-state index is 0.126. The topological polar surface area (TPSA) is 175 Å². The highest BCUT2D eigenvalue weighted by Crippen LogP contribution is 2.26. The fourth-order valence-electron chi connectivity index (χ4n) is 9.72. The number of rotatable bonds is 53. The number of hydrogen-bond donors (Lipinski definition) is 6. The monoisotopic (exact) mass is 1060 g/mol. The Kier molecular flexibility index (Phi) is 49.3. The number of ether oxygens (including phenoxy) is 3. The number of esters is 1. The molecule has 1 aliphatic heterocycles. The van der Waals surface area contributed by atoms with E-state index in [1.807, 2.05) is 6.08 Å². The third-order valence-electron chi connectivity index (χ3n) is 14.7. The molecule has 0 aliphatic carbocycles. The molecule has 0 aromatic rings. The van der Waals surface area contributed by atoms with Crippen molar-refractivity contribution in [1.82, 2.24) is 5.32 Å². The first-order chi connectivity index (χ1) is 36.7. The van der Waals surface area contributed by atoms with Crippen molar-refractivity contribution in [2.45, 2.75) is 333 Å². The number of carbonyl (C=O) groups excluding carboxylic acids is 2. The minimum Gasteiger partial charge on any atom is -0.454 e. The number of aliphatic hydroxyl groups is 5. The van der Waals surface area contributed by atoms with Crippen LogP contribution in [0.4, 0.5) is 0 Å². The number of allylic oxidation sites excluding steroid dienone is 7. The van der Waals surface area contributed by atoms with E-state index >= 15 is 0 Å². The lowest BCUT2D eigenvalue weighted by molar-refractivity contribution is -0.305. The van der Waals surface area contributed by atoms with Crippen molar-refractivity contribution in [2.75, 3.05) is 13.2 Å². The highest BCUT2D eigenvalue weighted by molar-refractivity contribution is 5.80. The molecule has 438 valence electrons. The van der Waals surface area contributed by atoms with Crippen LogP contribution in [0.15, 0.2) is 48.6 Å². The van der Waals surface area contributed by atoms with Crippen LogP contribution in [0.2, 0.25) is 0 Å². The number of nitrogens with one attached hydrogen (secondary N) is 1. The molecule has 1 rings (SSSR count). The van der Waals surface area contributed by atoms with Gasteiger partial charge in [-0.1, -0.05) is 262 Å². The van der Waals surface area contributed by atoms with Crippen molar-refractivity contribution in [3.63, 3.8) is 0 Å². The molecule has 1 saturated heterocycles. The Labute approximate surface area is 459 Å². The summed E-state index contributed by atoms with van der Waals surface area (Å²) in [6.45, 7) is 5.76. The van der Waals surface area contributed by atoms with Crippen LogP contribution in [-0.2, 0) is 23.8 Å². The highest BCUT2D eigenvalue weighted by atomic mass is 16.7. The fraction of sp³-hybridized carbons (Fsp3) is 0.844. The van der Waals surface area contributed by atoms with Crippen LogP contribution in [-0.4, -0.2) is 99.6 Å². The summed E-state index contributed by atoms with van der Waals surface area (Å²) in [5, 5.41) is 56.9. The van der Waals surface area contributed by atoms with Gasteiger partial charge in [-0.15, -0.1) is 0 Å². The summed E-state index contributed by atoms with van der Waals surface area (Å²) in [5.74, 6) is -1.19. The Morgan fingerprint density at radius 2 is 0.920 bits per heavy atom. The molecule has 11 nitrogen and oxygen atoms in total. The van der Waals surface area contributed by atoms with Gasteiger partial charge in [-0.3, -0.25) is 9.59 Å². The molecule has 0 radical (unpaired) electrons. The Morgan fingerprint density at radius 1 is 0.520 bits per heavy atom. The van der Waals surface area contributed by atoms with Gasteiger partial charge in [0.25, 0.3) is 0 Å². The average molecular weight is 1060 g/mol. The van der Waals surface area contributed by atoms with Crippen LogP contribution in [0.5, 0.6) is 0 Å². The van der Waals surface area contributed by atoms with Crippen molar-refractivity contribution in [2.24, 2.45) is 0 Å². The van der Waals surface area contributed by atoms with E-state index in [0.717, 1.165) is 83.5 Å². The van der Waals surface area contributed by atoms with Crippen LogP contribution in [0, 0.1) is 0 Å². The number of hydrogen-bond acceptors (Lipinski definition) is 10. The molecule has 8 atom stereocenters. The Hall–Kier alpha value is -2.38. The van der Waals surface area contributed by atoms with Gasteiger partial charge in [0.1, 0.15) is 24.4 Å². The predicted molar refractivity (Wildman–Crippen MR) is 310 cm³/mol. The molecule has 0 spiro atoms. The van der Waals surface area contributed by atoms with E-state index in [0.29, 0.717) is 12.8 Å². The molecule has 1 amide bonds. The zero-order valence-electron chi connectivity index (χ0n) is 48.4. The number of amides is 1. The lowest BCUT2D eigenvalue weighted by Gasteiger charge is -2.41. The summed E-state index contributed by atoms with van der Waals surface area (Å²) < 4.78 is 17.6. The molecule has 0 saturated carbocycles. The van der Waals surface area contributed by atoms with E-state index in [2.05, 4.69) is 62.5 Å². The summed E-state index contributed by atoms with van der Waals surface area (Å²) >= 11 is 0. The molecule has 11 heteroatoms. The van der Waals surface area contributed by atoms with Crippen molar-refractivity contribution >= 4 is 11.9 Å². The summed E-state index contributed by atoms with van der Waals surface area (Å²) in [5.41, 5.74) is 0. The van der Waals surface area contributed by atoms with Gasteiger partial charge in [-0.2, -0.15) is 0 Å². The van der Waals surface area contributed by atoms with Crippen molar-refractivity contribution in [3.05, 3.63) is 48.6 Å². The third-order valence-corrected chi connectivity index (χ3v) is 14.7. The first-order valence-electron chi connectivity index (χ1n) is 31.4. The van der Waals surface area contributed by atoms with E-state index in [4.69, 9.17) is 14.2 Å². The maximum absolute atomic E-state index is 13.4. The Balaban J connectivity index is 2.66. The molecule has 0 aromatic heterocycles. The number of unbranched alkanes of at least 4 members (excludes halogenated alkanes) is 33. The molecule has 1 fully saturated rings. The molecule has 1 heterocycles. The molecule has 75 heavy (non-hydrogen) atoms. The summed E-state index contributed by atoms with van der Waals surface area (Å²) in [6, 6.07) is -1.03. The summed E-state index contributed by atoms with van der Waals surface area (Å²) in [4.78, 5) is 26.5. The van der Waals surface area contributed by atoms with Crippen LogP contribution in [0.3, 0.4) is 0 Å². The quantitative estimate of drug-likeness (QED) is 0.0195. The van der Waals surface area contributed by atoms with Crippen LogP contribution < -0.4 is 5.32 Å². The first kappa shape index (κ1) is 70.6. The smallest absolute Gasteiger partial charge is 0.306 e. The van der Waals surface area contributed by atoms with E-state index in [1.54, 1.807) is 6.08 Å².